The molecule has 2 aromatic rings. The Morgan fingerprint density at radius 3 is 2.35 bits per heavy atom. The molecular formula is C16H16FNO2. The van der Waals surface area contributed by atoms with E-state index in [1.54, 1.807) is 31.2 Å². The zero-order valence-corrected chi connectivity index (χ0v) is 11.7. The van der Waals surface area contributed by atoms with Gasteiger partial charge >= 0.3 is 0 Å². The fourth-order valence-corrected chi connectivity index (χ4v) is 2.09. The average Bonchev–Trinajstić information content (AvgIpc) is 2.46. The molecule has 3 nitrogen and oxygen atoms in total. The minimum atomic E-state index is -0.504. The van der Waals surface area contributed by atoms with Crippen molar-refractivity contribution in [3.05, 3.63) is 53.8 Å². The van der Waals surface area contributed by atoms with Gasteiger partial charge in [0.15, 0.2) is 5.78 Å². The summed E-state index contributed by atoms with van der Waals surface area (Å²) in [6.07, 6.45) is 0. The Balaban J connectivity index is 2.44. The Kier molecular flexibility index (Phi) is 4.03. The third-order valence-electron chi connectivity index (χ3n) is 3.16. The number of halogens is 1. The van der Waals surface area contributed by atoms with Crippen LogP contribution >= 0.6 is 0 Å². The lowest BCUT2D eigenvalue weighted by Crippen LogP contribution is -2.14. The number of nitrogens with zero attached hydrogens (tertiary/aromatic N) is 1. The van der Waals surface area contributed by atoms with E-state index in [1.807, 2.05) is 24.3 Å². The predicted octanol–water partition coefficient (Wildman–Crippen LogP) is 3.80. The number of benzene rings is 2. The second-order valence-electron chi connectivity index (χ2n) is 4.45. The van der Waals surface area contributed by atoms with E-state index >= 15 is 0 Å². The molecule has 4 heteroatoms. The second kappa shape index (κ2) is 5.74. The molecule has 0 aromatic heterocycles. The number of ether oxygens (including phenoxy) is 1. The minimum absolute atomic E-state index is 0.103. The van der Waals surface area contributed by atoms with Gasteiger partial charge in [0.25, 0.3) is 0 Å². The first-order valence-electron chi connectivity index (χ1n) is 6.22. The minimum Gasteiger partial charge on any atom is -0.497 e. The van der Waals surface area contributed by atoms with Gasteiger partial charge in [0.05, 0.1) is 18.4 Å². The molecule has 0 N–H and O–H groups in total. The average molecular weight is 273 g/mol. The number of methoxy groups -OCH3 is 1. The molecule has 0 unspecified atom stereocenters. The van der Waals surface area contributed by atoms with Crippen molar-refractivity contribution in [2.24, 2.45) is 0 Å². The molecule has 2 aromatic carbocycles. The summed E-state index contributed by atoms with van der Waals surface area (Å²) in [7, 11) is 3.39. The summed E-state index contributed by atoms with van der Waals surface area (Å²) in [5.41, 5.74) is 1.49. The van der Waals surface area contributed by atoms with Crippen LogP contribution in [-0.2, 0) is 0 Å². The first kappa shape index (κ1) is 14.1. The number of carbonyl (C=O) groups is 1. The molecule has 20 heavy (non-hydrogen) atoms. The summed E-state index contributed by atoms with van der Waals surface area (Å²) >= 11 is 0. The fourth-order valence-electron chi connectivity index (χ4n) is 2.09. The van der Waals surface area contributed by atoms with Gasteiger partial charge in [-0.15, -0.1) is 0 Å². The van der Waals surface area contributed by atoms with Crippen LogP contribution in [0.3, 0.4) is 0 Å². The molecule has 0 amide bonds. The van der Waals surface area contributed by atoms with Gasteiger partial charge in [0.1, 0.15) is 11.6 Å². The van der Waals surface area contributed by atoms with Gasteiger partial charge in [0, 0.05) is 12.7 Å². The van der Waals surface area contributed by atoms with Gasteiger partial charge < -0.3 is 9.64 Å². The van der Waals surface area contributed by atoms with Gasteiger partial charge in [-0.25, -0.2) is 4.39 Å². The number of anilines is 2. The second-order valence-corrected chi connectivity index (χ2v) is 4.45. The Morgan fingerprint density at radius 2 is 1.80 bits per heavy atom. The molecule has 0 saturated carbocycles. The zero-order chi connectivity index (χ0) is 14.7. The van der Waals surface area contributed by atoms with Crippen molar-refractivity contribution in [2.75, 3.05) is 19.1 Å². The van der Waals surface area contributed by atoms with Crippen LogP contribution in [0.4, 0.5) is 15.8 Å². The standard InChI is InChI=1S/C16H16FNO2/c1-11(19)16-14(17)5-4-6-15(16)18(2)12-7-9-13(20-3)10-8-12/h4-10H,1-3H3. The van der Waals surface area contributed by atoms with Crippen molar-refractivity contribution in [1.29, 1.82) is 0 Å². The molecule has 0 bridgehead atoms. The monoisotopic (exact) mass is 273 g/mol. The first-order valence-corrected chi connectivity index (χ1v) is 6.22. The number of Topliss-reactive ketones (excluding diaryl/α,β-unsaturated/α-hetero) is 1. The van der Waals surface area contributed by atoms with E-state index in [1.165, 1.54) is 13.0 Å². The van der Waals surface area contributed by atoms with E-state index in [2.05, 4.69) is 0 Å². The Labute approximate surface area is 117 Å². The molecule has 0 radical (unpaired) electrons. The van der Waals surface area contributed by atoms with Crippen LogP contribution in [-0.4, -0.2) is 19.9 Å². The molecule has 0 fully saturated rings. The molecule has 0 spiro atoms. The van der Waals surface area contributed by atoms with E-state index in [-0.39, 0.29) is 11.3 Å². The van der Waals surface area contributed by atoms with E-state index < -0.39 is 5.82 Å². The van der Waals surface area contributed by atoms with Crippen molar-refractivity contribution in [3.63, 3.8) is 0 Å². The van der Waals surface area contributed by atoms with Crippen molar-refractivity contribution in [3.8, 4) is 5.75 Å². The summed E-state index contributed by atoms with van der Waals surface area (Å²) in [6.45, 7) is 1.36. The number of hydrogen-bond acceptors (Lipinski definition) is 3. The van der Waals surface area contributed by atoms with E-state index in [4.69, 9.17) is 4.74 Å². The highest BCUT2D eigenvalue weighted by molar-refractivity contribution is 6.00. The zero-order valence-electron chi connectivity index (χ0n) is 11.7. The van der Waals surface area contributed by atoms with Crippen LogP contribution in [0.15, 0.2) is 42.5 Å². The highest BCUT2D eigenvalue weighted by Crippen LogP contribution is 2.30. The molecule has 0 aliphatic heterocycles. The molecule has 0 heterocycles. The van der Waals surface area contributed by atoms with Crippen LogP contribution in [0.1, 0.15) is 17.3 Å². The first-order chi connectivity index (χ1) is 9.54. The lowest BCUT2D eigenvalue weighted by molar-refractivity contribution is 0.101. The van der Waals surface area contributed by atoms with Crippen molar-refractivity contribution in [1.82, 2.24) is 0 Å². The summed E-state index contributed by atoms with van der Waals surface area (Å²) < 4.78 is 18.9. The Hall–Kier alpha value is -2.36. The lowest BCUT2D eigenvalue weighted by atomic mass is 10.1. The van der Waals surface area contributed by atoms with Gasteiger partial charge in [-0.3, -0.25) is 4.79 Å². The fraction of sp³-hybridized carbons (Fsp3) is 0.188. The third kappa shape index (κ3) is 2.64. The Morgan fingerprint density at radius 1 is 1.15 bits per heavy atom. The van der Waals surface area contributed by atoms with E-state index in [0.29, 0.717) is 5.69 Å². The van der Waals surface area contributed by atoms with Gasteiger partial charge in [-0.1, -0.05) is 6.07 Å². The van der Waals surface area contributed by atoms with Gasteiger partial charge in [-0.05, 0) is 43.3 Å². The highest BCUT2D eigenvalue weighted by atomic mass is 19.1. The molecule has 0 saturated heterocycles. The van der Waals surface area contributed by atoms with E-state index in [9.17, 15) is 9.18 Å². The van der Waals surface area contributed by atoms with Crippen LogP contribution in [0, 0.1) is 5.82 Å². The van der Waals surface area contributed by atoms with Crippen molar-refractivity contribution in [2.45, 2.75) is 6.92 Å². The van der Waals surface area contributed by atoms with Crippen LogP contribution in [0.2, 0.25) is 0 Å². The normalized spacial score (nSPS) is 10.2. The van der Waals surface area contributed by atoms with Gasteiger partial charge in [-0.2, -0.15) is 0 Å². The number of hydrogen-bond donors (Lipinski definition) is 0. The van der Waals surface area contributed by atoms with Crippen LogP contribution < -0.4 is 9.64 Å². The quantitative estimate of drug-likeness (QED) is 0.793. The third-order valence-corrected chi connectivity index (χ3v) is 3.16. The van der Waals surface area contributed by atoms with E-state index in [0.717, 1.165) is 11.4 Å². The molecule has 0 atom stereocenters. The molecular weight excluding hydrogens is 257 g/mol. The largest absolute Gasteiger partial charge is 0.497 e. The summed E-state index contributed by atoms with van der Waals surface area (Å²) in [4.78, 5) is 13.4. The van der Waals surface area contributed by atoms with Crippen molar-refractivity contribution >= 4 is 17.2 Å². The smallest absolute Gasteiger partial charge is 0.164 e. The van der Waals surface area contributed by atoms with Gasteiger partial charge in [0.2, 0.25) is 0 Å². The Bertz CT molecular complexity index is 623. The predicted molar refractivity (Wildman–Crippen MR) is 77.5 cm³/mol. The number of carbonyl (C=O) groups excluding carboxylic acids is 1. The summed E-state index contributed by atoms with van der Waals surface area (Å²) in [5.74, 6) is -0.0537. The van der Waals surface area contributed by atoms with Crippen LogP contribution in [0.25, 0.3) is 0 Å². The molecule has 0 aliphatic carbocycles. The molecule has 104 valence electrons. The van der Waals surface area contributed by atoms with Crippen molar-refractivity contribution < 1.29 is 13.9 Å². The maximum absolute atomic E-state index is 13.8. The topological polar surface area (TPSA) is 29.5 Å². The maximum atomic E-state index is 13.8. The molecule has 0 aliphatic rings. The van der Waals surface area contributed by atoms with Crippen LogP contribution in [0.5, 0.6) is 5.75 Å². The molecule has 2 rings (SSSR count). The summed E-state index contributed by atoms with van der Waals surface area (Å²) in [6, 6.07) is 12.0. The number of ketones is 1. The summed E-state index contributed by atoms with van der Waals surface area (Å²) in [5, 5.41) is 0. The highest BCUT2D eigenvalue weighted by Gasteiger charge is 2.16. The SMILES string of the molecule is COc1ccc(N(C)c2cccc(F)c2C(C)=O)cc1. The lowest BCUT2D eigenvalue weighted by Gasteiger charge is -2.22. The maximum Gasteiger partial charge on any atom is 0.164 e. The number of rotatable bonds is 4.